The van der Waals surface area contributed by atoms with E-state index in [-0.39, 0.29) is 17.8 Å². The van der Waals surface area contributed by atoms with E-state index in [1.54, 1.807) is 7.11 Å². The van der Waals surface area contributed by atoms with Gasteiger partial charge in [-0.1, -0.05) is 33.8 Å². The van der Waals surface area contributed by atoms with Gasteiger partial charge in [0.15, 0.2) is 11.5 Å². The Morgan fingerprint density at radius 2 is 2.00 bits per heavy atom. The molecule has 0 amide bonds. The lowest BCUT2D eigenvalue weighted by atomic mass is 9.79. The zero-order valence-corrected chi connectivity index (χ0v) is 16.5. The maximum absolute atomic E-state index is 6.23. The maximum Gasteiger partial charge on any atom is 0.161 e. The molecule has 5 heteroatoms. The van der Waals surface area contributed by atoms with Crippen LogP contribution in [0.3, 0.4) is 0 Å². The summed E-state index contributed by atoms with van der Waals surface area (Å²) in [5, 5.41) is 0. The minimum absolute atomic E-state index is 0. The van der Waals surface area contributed by atoms with Crippen molar-refractivity contribution in [2.24, 2.45) is 17.1 Å². The Hall–Kier alpha value is -0.970. The van der Waals surface area contributed by atoms with Gasteiger partial charge in [-0.05, 0) is 35.4 Å². The summed E-state index contributed by atoms with van der Waals surface area (Å²) in [7, 11) is 1.69. The second-order valence-electron chi connectivity index (χ2n) is 7.78. The Morgan fingerprint density at radius 1 is 1.29 bits per heavy atom. The van der Waals surface area contributed by atoms with Gasteiger partial charge in [0.05, 0.1) is 13.7 Å². The van der Waals surface area contributed by atoms with Gasteiger partial charge >= 0.3 is 0 Å². The molecule has 138 valence electrons. The fraction of sp³-hybridized carbons (Fsp3) is 0.684. The number of piperidine rings is 1. The van der Waals surface area contributed by atoms with E-state index in [0.29, 0.717) is 18.6 Å². The van der Waals surface area contributed by atoms with Crippen LogP contribution in [0.4, 0.5) is 0 Å². The molecule has 1 aliphatic heterocycles. The van der Waals surface area contributed by atoms with Crippen LogP contribution in [0.5, 0.6) is 11.5 Å². The lowest BCUT2D eigenvalue weighted by molar-refractivity contribution is 0.0898. The summed E-state index contributed by atoms with van der Waals surface area (Å²) in [5.74, 6) is 2.13. The third-order valence-corrected chi connectivity index (χ3v) is 4.60. The van der Waals surface area contributed by atoms with Crippen molar-refractivity contribution in [3.8, 4) is 11.5 Å². The zero-order valence-electron chi connectivity index (χ0n) is 15.7. The molecule has 0 spiro atoms. The van der Waals surface area contributed by atoms with Gasteiger partial charge in [-0.25, -0.2) is 0 Å². The second-order valence-corrected chi connectivity index (χ2v) is 7.78. The Morgan fingerprint density at radius 3 is 2.58 bits per heavy atom. The van der Waals surface area contributed by atoms with Gasteiger partial charge in [-0.15, -0.1) is 12.4 Å². The highest BCUT2D eigenvalue weighted by Gasteiger charge is 2.33. The highest BCUT2D eigenvalue weighted by atomic mass is 35.5. The molecule has 2 rings (SSSR count). The first kappa shape index (κ1) is 21.1. The summed E-state index contributed by atoms with van der Waals surface area (Å²) in [4.78, 5) is 2.48. The first-order valence-electron chi connectivity index (χ1n) is 8.59. The lowest BCUT2D eigenvalue weighted by Gasteiger charge is -2.42. The minimum Gasteiger partial charge on any atom is -0.493 e. The standard InChI is InChI=1S/C19H32N2O2.ClH/c1-14(2)12-23-17-10-15(6-7-16(17)22-5)11-21-9-8-18(20)19(3,4)13-21;/h6-7,10,14,18H,8-9,11-13,20H2,1-5H3;1H. The average molecular weight is 357 g/mol. The van der Waals surface area contributed by atoms with E-state index in [4.69, 9.17) is 15.2 Å². The molecule has 1 saturated heterocycles. The zero-order chi connectivity index (χ0) is 17.0. The smallest absolute Gasteiger partial charge is 0.161 e. The average Bonchev–Trinajstić information content (AvgIpc) is 2.49. The summed E-state index contributed by atoms with van der Waals surface area (Å²) in [6.45, 7) is 12.5. The minimum atomic E-state index is 0. The van der Waals surface area contributed by atoms with E-state index in [1.807, 2.05) is 6.07 Å². The molecule has 1 unspecified atom stereocenters. The summed E-state index contributed by atoms with van der Waals surface area (Å²) in [5.41, 5.74) is 7.66. The molecule has 1 atom stereocenters. The van der Waals surface area contributed by atoms with Crippen LogP contribution in [0.2, 0.25) is 0 Å². The highest BCUT2D eigenvalue weighted by molar-refractivity contribution is 5.85. The van der Waals surface area contributed by atoms with E-state index in [1.165, 1.54) is 5.56 Å². The number of methoxy groups -OCH3 is 1. The number of benzene rings is 1. The maximum atomic E-state index is 6.23. The van der Waals surface area contributed by atoms with E-state index < -0.39 is 0 Å². The molecular weight excluding hydrogens is 324 g/mol. The first-order chi connectivity index (χ1) is 10.8. The largest absolute Gasteiger partial charge is 0.493 e. The summed E-state index contributed by atoms with van der Waals surface area (Å²) in [6, 6.07) is 6.54. The lowest BCUT2D eigenvalue weighted by Crippen LogP contribution is -2.52. The van der Waals surface area contributed by atoms with Crippen molar-refractivity contribution in [2.45, 2.75) is 46.7 Å². The summed E-state index contributed by atoms with van der Waals surface area (Å²) >= 11 is 0. The highest BCUT2D eigenvalue weighted by Crippen LogP contribution is 2.31. The van der Waals surface area contributed by atoms with Crippen LogP contribution >= 0.6 is 12.4 Å². The van der Waals surface area contributed by atoms with E-state index in [2.05, 4.69) is 44.7 Å². The van der Waals surface area contributed by atoms with Crippen molar-refractivity contribution < 1.29 is 9.47 Å². The Balaban J connectivity index is 0.00000288. The molecule has 2 N–H and O–H groups in total. The predicted octanol–water partition coefficient (Wildman–Crippen LogP) is 3.71. The normalized spacial score (nSPS) is 20.5. The number of rotatable bonds is 6. The molecule has 0 bridgehead atoms. The fourth-order valence-electron chi connectivity index (χ4n) is 3.07. The number of halogens is 1. The molecule has 0 saturated carbocycles. The summed E-state index contributed by atoms with van der Waals surface area (Å²) < 4.78 is 11.3. The molecule has 1 fully saturated rings. The molecule has 0 radical (unpaired) electrons. The van der Waals surface area contributed by atoms with Gasteiger partial charge in [0.2, 0.25) is 0 Å². The number of likely N-dealkylation sites (tertiary alicyclic amines) is 1. The van der Waals surface area contributed by atoms with Crippen molar-refractivity contribution in [1.29, 1.82) is 0 Å². The van der Waals surface area contributed by atoms with Crippen molar-refractivity contribution in [3.05, 3.63) is 23.8 Å². The van der Waals surface area contributed by atoms with E-state index >= 15 is 0 Å². The van der Waals surface area contributed by atoms with Gasteiger partial charge in [0.25, 0.3) is 0 Å². The van der Waals surface area contributed by atoms with Crippen LogP contribution in [0.25, 0.3) is 0 Å². The number of nitrogens with two attached hydrogens (primary N) is 1. The van der Waals surface area contributed by atoms with Crippen LogP contribution in [0.15, 0.2) is 18.2 Å². The Kier molecular flexibility index (Phi) is 7.84. The second kappa shape index (κ2) is 8.93. The van der Waals surface area contributed by atoms with Crippen LogP contribution in [0.1, 0.15) is 39.7 Å². The van der Waals surface area contributed by atoms with Crippen LogP contribution in [0, 0.1) is 11.3 Å². The fourth-order valence-corrected chi connectivity index (χ4v) is 3.07. The number of hydrogen-bond acceptors (Lipinski definition) is 4. The Labute approximate surface area is 153 Å². The number of nitrogens with zero attached hydrogens (tertiary/aromatic N) is 1. The predicted molar refractivity (Wildman–Crippen MR) is 102 cm³/mol. The van der Waals surface area contributed by atoms with E-state index in [9.17, 15) is 0 Å². The van der Waals surface area contributed by atoms with Crippen LogP contribution < -0.4 is 15.2 Å². The van der Waals surface area contributed by atoms with Gasteiger partial charge in [-0.3, -0.25) is 4.90 Å². The molecule has 4 nitrogen and oxygen atoms in total. The van der Waals surface area contributed by atoms with E-state index in [0.717, 1.165) is 37.6 Å². The molecule has 0 aliphatic carbocycles. The van der Waals surface area contributed by atoms with Crippen molar-refractivity contribution in [2.75, 3.05) is 26.8 Å². The van der Waals surface area contributed by atoms with Crippen molar-refractivity contribution >= 4 is 12.4 Å². The number of hydrogen-bond donors (Lipinski definition) is 1. The topological polar surface area (TPSA) is 47.7 Å². The third-order valence-electron chi connectivity index (χ3n) is 4.60. The van der Waals surface area contributed by atoms with Crippen molar-refractivity contribution in [3.63, 3.8) is 0 Å². The van der Waals surface area contributed by atoms with Gasteiger partial charge in [-0.2, -0.15) is 0 Å². The monoisotopic (exact) mass is 356 g/mol. The SMILES string of the molecule is COc1ccc(CN2CCC(N)C(C)(C)C2)cc1OCC(C)C.Cl. The molecule has 1 aromatic carbocycles. The van der Waals surface area contributed by atoms with Crippen LogP contribution in [-0.4, -0.2) is 37.7 Å². The van der Waals surface area contributed by atoms with Crippen molar-refractivity contribution in [1.82, 2.24) is 4.90 Å². The Bertz CT molecular complexity index is 520. The van der Waals surface area contributed by atoms with Gasteiger partial charge in [0, 0.05) is 25.7 Å². The quantitative estimate of drug-likeness (QED) is 0.844. The first-order valence-corrected chi connectivity index (χ1v) is 8.59. The molecule has 1 aliphatic rings. The molecule has 1 aromatic rings. The molecule has 0 aromatic heterocycles. The van der Waals surface area contributed by atoms with Gasteiger partial charge in [0.1, 0.15) is 0 Å². The number of ether oxygens (including phenoxy) is 2. The third kappa shape index (κ3) is 5.54. The summed E-state index contributed by atoms with van der Waals surface area (Å²) in [6.07, 6.45) is 1.06. The molecular formula is C19H33ClN2O2. The van der Waals surface area contributed by atoms with Gasteiger partial charge < -0.3 is 15.2 Å². The molecule has 24 heavy (non-hydrogen) atoms. The van der Waals surface area contributed by atoms with Crippen LogP contribution in [-0.2, 0) is 6.54 Å². The molecule has 1 heterocycles.